The summed E-state index contributed by atoms with van der Waals surface area (Å²) in [7, 11) is 0. The quantitative estimate of drug-likeness (QED) is 0.696. The van der Waals surface area contributed by atoms with Crippen molar-refractivity contribution in [3.8, 4) is 5.75 Å². The van der Waals surface area contributed by atoms with Gasteiger partial charge in [-0.3, -0.25) is 4.79 Å². The fourth-order valence-electron chi connectivity index (χ4n) is 3.08. The van der Waals surface area contributed by atoms with Gasteiger partial charge in [-0.05, 0) is 47.0 Å². The van der Waals surface area contributed by atoms with Crippen LogP contribution in [-0.2, 0) is 11.2 Å². The number of nitrogens with zero attached hydrogens (tertiary/aromatic N) is 1. The Labute approximate surface area is 149 Å². The Morgan fingerprint density at radius 2 is 1.96 bits per heavy atom. The number of ether oxygens (including phenoxy) is 1. The molecule has 2 aromatic heterocycles. The van der Waals surface area contributed by atoms with Crippen LogP contribution in [0.4, 0.5) is 0 Å². The van der Waals surface area contributed by atoms with E-state index >= 15 is 0 Å². The molecule has 0 unspecified atom stereocenters. The Balaban J connectivity index is 1.56. The lowest BCUT2D eigenvalue weighted by Crippen LogP contribution is -2.42. The molecule has 3 aromatic rings. The van der Waals surface area contributed by atoms with Gasteiger partial charge in [0.05, 0.1) is 6.04 Å². The number of fused-ring (bicyclic) bond motifs is 1. The van der Waals surface area contributed by atoms with Crippen molar-refractivity contribution in [1.29, 1.82) is 0 Å². The van der Waals surface area contributed by atoms with Crippen molar-refractivity contribution in [2.24, 2.45) is 0 Å². The highest BCUT2D eigenvalue weighted by Gasteiger charge is 2.33. The minimum Gasteiger partial charge on any atom is -0.484 e. The molecule has 24 heavy (non-hydrogen) atoms. The molecule has 1 aromatic carbocycles. The standard InChI is InChI=1S/C19H17NO2S2/c21-18(13-22-14-5-2-1-3-6-14)20-10-8-16-15(9-12-24-16)19(20)17-7-4-11-23-17/h1-7,9,11-12,19H,8,10,13H2/t19-/m1/s1. The first-order valence-corrected chi connectivity index (χ1v) is 9.66. The number of thiophene rings is 2. The first-order valence-electron chi connectivity index (χ1n) is 7.90. The van der Waals surface area contributed by atoms with Gasteiger partial charge in [0.25, 0.3) is 5.91 Å². The maximum absolute atomic E-state index is 12.8. The zero-order valence-electron chi connectivity index (χ0n) is 13.1. The van der Waals surface area contributed by atoms with Gasteiger partial charge < -0.3 is 9.64 Å². The molecule has 122 valence electrons. The molecule has 0 fully saturated rings. The highest BCUT2D eigenvalue weighted by atomic mass is 32.1. The number of carbonyl (C=O) groups excluding carboxylic acids is 1. The van der Waals surface area contributed by atoms with Crippen molar-refractivity contribution >= 4 is 28.6 Å². The second-order valence-electron chi connectivity index (χ2n) is 5.66. The fourth-order valence-corrected chi connectivity index (χ4v) is 4.84. The number of hydrogen-bond acceptors (Lipinski definition) is 4. The summed E-state index contributed by atoms with van der Waals surface area (Å²) in [5.41, 5.74) is 1.27. The molecule has 0 radical (unpaired) electrons. The first-order chi connectivity index (χ1) is 11.8. The molecule has 1 atom stereocenters. The van der Waals surface area contributed by atoms with Gasteiger partial charge in [-0.25, -0.2) is 0 Å². The van der Waals surface area contributed by atoms with Crippen LogP contribution in [0.1, 0.15) is 21.4 Å². The predicted molar refractivity (Wildman–Crippen MR) is 97.8 cm³/mol. The van der Waals surface area contributed by atoms with Crippen molar-refractivity contribution in [3.63, 3.8) is 0 Å². The molecule has 0 N–H and O–H groups in total. The van der Waals surface area contributed by atoms with Crippen LogP contribution in [0.2, 0.25) is 0 Å². The Hall–Kier alpha value is -2.11. The van der Waals surface area contributed by atoms with Crippen LogP contribution in [0.3, 0.4) is 0 Å². The van der Waals surface area contributed by atoms with Crippen molar-refractivity contribution in [3.05, 3.63) is 74.6 Å². The van der Waals surface area contributed by atoms with E-state index in [1.54, 1.807) is 22.7 Å². The number of hydrogen-bond donors (Lipinski definition) is 0. The molecule has 0 spiro atoms. The molecule has 3 nitrogen and oxygen atoms in total. The largest absolute Gasteiger partial charge is 0.484 e. The van der Waals surface area contributed by atoms with Gasteiger partial charge in [0, 0.05) is 16.3 Å². The zero-order valence-corrected chi connectivity index (χ0v) is 14.7. The fraction of sp³-hybridized carbons (Fsp3) is 0.211. The van der Waals surface area contributed by atoms with Gasteiger partial charge in [0.15, 0.2) is 6.61 Å². The summed E-state index contributed by atoms with van der Waals surface area (Å²) in [6.45, 7) is 0.818. The van der Waals surface area contributed by atoms with Gasteiger partial charge in [0.1, 0.15) is 5.75 Å². The average molecular weight is 355 g/mol. The van der Waals surface area contributed by atoms with Crippen LogP contribution >= 0.6 is 22.7 Å². The Kier molecular flexibility index (Phi) is 4.36. The highest BCUT2D eigenvalue weighted by molar-refractivity contribution is 7.10. The molecule has 0 aliphatic carbocycles. The molecule has 1 amide bonds. The lowest BCUT2D eigenvalue weighted by atomic mass is 9.98. The van der Waals surface area contributed by atoms with Gasteiger partial charge in [-0.2, -0.15) is 0 Å². The maximum atomic E-state index is 12.8. The smallest absolute Gasteiger partial charge is 0.261 e. The van der Waals surface area contributed by atoms with Crippen molar-refractivity contribution in [2.45, 2.75) is 12.5 Å². The number of amides is 1. The Bertz CT molecular complexity index is 811. The molecule has 0 bridgehead atoms. The van der Waals surface area contributed by atoms with E-state index in [4.69, 9.17) is 4.74 Å². The topological polar surface area (TPSA) is 29.5 Å². The number of carbonyl (C=O) groups is 1. The van der Waals surface area contributed by atoms with E-state index < -0.39 is 0 Å². The number of para-hydroxylation sites is 1. The normalized spacial score (nSPS) is 16.7. The molecular weight excluding hydrogens is 338 g/mol. The van der Waals surface area contributed by atoms with Gasteiger partial charge >= 0.3 is 0 Å². The molecule has 1 aliphatic rings. The summed E-state index contributed by atoms with van der Waals surface area (Å²) in [5, 5.41) is 4.19. The van der Waals surface area contributed by atoms with Gasteiger partial charge in [-0.1, -0.05) is 24.3 Å². The number of rotatable bonds is 4. The minimum atomic E-state index is 0.0203. The summed E-state index contributed by atoms with van der Waals surface area (Å²) < 4.78 is 5.67. The highest BCUT2D eigenvalue weighted by Crippen LogP contribution is 2.39. The van der Waals surface area contributed by atoms with E-state index in [1.807, 2.05) is 41.3 Å². The molecule has 0 saturated heterocycles. The average Bonchev–Trinajstić information content (AvgIpc) is 3.31. The van der Waals surface area contributed by atoms with Crippen molar-refractivity contribution in [1.82, 2.24) is 4.90 Å². The van der Waals surface area contributed by atoms with Crippen molar-refractivity contribution in [2.75, 3.05) is 13.2 Å². The van der Waals surface area contributed by atoms with E-state index in [0.717, 1.165) is 18.7 Å². The Morgan fingerprint density at radius 3 is 2.75 bits per heavy atom. The van der Waals surface area contributed by atoms with E-state index in [-0.39, 0.29) is 18.6 Å². The zero-order chi connectivity index (χ0) is 16.4. The first kappa shape index (κ1) is 15.4. The summed E-state index contributed by atoms with van der Waals surface area (Å²) in [4.78, 5) is 17.4. The molecule has 4 rings (SSSR count). The van der Waals surface area contributed by atoms with Crippen LogP contribution in [0.15, 0.2) is 59.3 Å². The van der Waals surface area contributed by atoms with Crippen LogP contribution in [-0.4, -0.2) is 24.0 Å². The minimum absolute atomic E-state index is 0.0203. The Morgan fingerprint density at radius 1 is 1.08 bits per heavy atom. The third-order valence-corrected chi connectivity index (χ3v) is 6.13. The van der Waals surface area contributed by atoms with Crippen molar-refractivity contribution < 1.29 is 9.53 Å². The second kappa shape index (κ2) is 6.79. The van der Waals surface area contributed by atoms with Crippen LogP contribution in [0.5, 0.6) is 5.75 Å². The second-order valence-corrected chi connectivity index (χ2v) is 7.64. The van der Waals surface area contributed by atoms with E-state index in [9.17, 15) is 4.79 Å². The van der Waals surface area contributed by atoms with Crippen LogP contribution < -0.4 is 4.74 Å². The number of benzene rings is 1. The van der Waals surface area contributed by atoms with E-state index in [0.29, 0.717) is 0 Å². The van der Waals surface area contributed by atoms with Gasteiger partial charge in [-0.15, -0.1) is 22.7 Å². The van der Waals surface area contributed by atoms with Crippen LogP contribution in [0, 0.1) is 0 Å². The van der Waals surface area contributed by atoms with E-state index in [1.165, 1.54) is 15.3 Å². The van der Waals surface area contributed by atoms with Gasteiger partial charge in [0.2, 0.25) is 0 Å². The summed E-state index contributed by atoms with van der Waals surface area (Å²) in [6, 6.07) is 15.8. The third kappa shape index (κ3) is 2.97. The summed E-state index contributed by atoms with van der Waals surface area (Å²) in [6.07, 6.45) is 0.923. The molecule has 5 heteroatoms. The summed E-state index contributed by atoms with van der Waals surface area (Å²) in [5.74, 6) is 0.765. The van der Waals surface area contributed by atoms with E-state index in [2.05, 4.69) is 22.9 Å². The van der Waals surface area contributed by atoms with Crippen LogP contribution in [0.25, 0.3) is 0 Å². The maximum Gasteiger partial charge on any atom is 0.261 e. The molecule has 0 saturated carbocycles. The molecule has 1 aliphatic heterocycles. The SMILES string of the molecule is O=C(COc1ccccc1)N1CCc2sccc2[C@@H]1c1cccs1. The predicted octanol–water partition coefficient (Wildman–Crippen LogP) is 4.36. The lowest BCUT2D eigenvalue weighted by Gasteiger charge is -2.35. The molecular formula is C19H17NO2S2. The lowest BCUT2D eigenvalue weighted by molar-refractivity contribution is -0.135. The monoisotopic (exact) mass is 355 g/mol. The molecule has 3 heterocycles. The summed E-state index contributed by atoms with van der Waals surface area (Å²) >= 11 is 3.49. The third-order valence-electron chi connectivity index (χ3n) is 4.20.